The number of hydrogen-bond acceptors (Lipinski definition) is 8. The van der Waals surface area contributed by atoms with Crippen LogP contribution in [0.3, 0.4) is 0 Å². The lowest BCUT2D eigenvalue weighted by Crippen LogP contribution is -2.43. The predicted octanol–water partition coefficient (Wildman–Crippen LogP) is 6.65. The molecule has 0 amide bonds. The van der Waals surface area contributed by atoms with E-state index in [1.54, 1.807) is 26.0 Å². The van der Waals surface area contributed by atoms with Crippen LogP contribution in [-0.2, 0) is 24.5 Å². The van der Waals surface area contributed by atoms with Crippen LogP contribution >= 0.6 is 0 Å². The van der Waals surface area contributed by atoms with Gasteiger partial charge in [-0.05, 0) is 62.9 Å². The van der Waals surface area contributed by atoms with E-state index in [-0.39, 0.29) is 36.3 Å². The van der Waals surface area contributed by atoms with Gasteiger partial charge >= 0.3 is 11.9 Å². The number of carbonyl (C=O) groups excluding carboxylic acids is 2. The van der Waals surface area contributed by atoms with E-state index in [9.17, 15) is 19.7 Å². The Morgan fingerprint density at radius 2 is 1.46 bits per heavy atom. The molecule has 9 heteroatoms. The summed E-state index contributed by atoms with van der Waals surface area (Å²) in [7, 11) is 1.26. The third kappa shape index (κ3) is 7.05. The lowest BCUT2D eigenvalue weighted by atomic mass is 9.68. The van der Waals surface area contributed by atoms with Gasteiger partial charge < -0.3 is 19.7 Å². The molecule has 3 aromatic carbocycles. The van der Waals surface area contributed by atoms with Crippen LogP contribution in [-0.4, -0.2) is 55.1 Å². The molecule has 46 heavy (non-hydrogen) atoms. The van der Waals surface area contributed by atoms with Gasteiger partial charge in [0.2, 0.25) is 0 Å². The molecule has 3 aromatic rings. The van der Waals surface area contributed by atoms with Crippen LogP contribution in [0, 0.1) is 10.1 Å². The fraction of sp³-hybridized carbons (Fsp3) is 0.351. The Kier molecular flexibility index (Phi) is 11.1. The van der Waals surface area contributed by atoms with E-state index in [2.05, 4.69) is 70.9 Å². The highest BCUT2D eigenvalue weighted by atomic mass is 16.6. The van der Waals surface area contributed by atoms with E-state index in [4.69, 9.17) is 9.47 Å². The van der Waals surface area contributed by atoms with Crippen LogP contribution in [0.1, 0.15) is 63.1 Å². The van der Waals surface area contributed by atoms with Gasteiger partial charge in [0.05, 0.1) is 35.7 Å². The molecule has 2 heterocycles. The van der Waals surface area contributed by atoms with Crippen molar-refractivity contribution in [1.82, 2.24) is 10.2 Å². The zero-order valence-electron chi connectivity index (χ0n) is 26.0. The fourth-order valence-electron chi connectivity index (χ4n) is 6.74. The average Bonchev–Trinajstić information content (AvgIpc) is 3.07. The Labute approximate surface area is 271 Å². The number of ether oxygens (including phenoxy) is 2. The van der Waals surface area contributed by atoms with E-state index in [1.165, 1.54) is 30.4 Å². The largest absolute Gasteiger partial charge is 0.466 e. The first-order chi connectivity index (χ1) is 21.7. The molecule has 1 saturated heterocycles. The number of hydrogen-bond donors (Lipinski definition) is 1. The Balaban J connectivity index is 0.00000480. The smallest absolute Gasteiger partial charge is 0.336 e. The Morgan fingerprint density at radius 3 is 2.00 bits per heavy atom. The zero-order chi connectivity index (χ0) is 32.0. The number of benzene rings is 3. The number of methoxy groups -OCH3 is 1. The van der Waals surface area contributed by atoms with Crippen molar-refractivity contribution in [2.45, 2.75) is 51.9 Å². The Bertz CT molecular complexity index is 1570. The first kappa shape index (κ1) is 34.1. The van der Waals surface area contributed by atoms with Gasteiger partial charge in [0.1, 0.15) is 0 Å². The molecule has 1 N–H and O–H groups in total. The van der Waals surface area contributed by atoms with Gasteiger partial charge in [-0.1, -0.05) is 80.2 Å². The molecule has 9 nitrogen and oxygen atoms in total. The second-order valence-corrected chi connectivity index (χ2v) is 11.6. The maximum absolute atomic E-state index is 13.6. The molecule has 0 aliphatic carbocycles. The summed E-state index contributed by atoms with van der Waals surface area (Å²) < 4.78 is 10.8. The number of non-ortho nitro benzene ring substituents is 1. The van der Waals surface area contributed by atoms with Gasteiger partial charge in [-0.2, -0.15) is 0 Å². The van der Waals surface area contributed by atoms with E-state index < -0.39 is 22.8 Å². The summed E-state index contributed by atoms with van der Waals surface area (Å²) in [6.07, 6.45) is 2.63. The highest BCUT2D eigenvalue weighted by molar-refractivity contribution is 5.99. The minimum atomic E-state index is -0.878. The van der Waals surface area contributed by atoms with Crippen molar-refractivity contribution in [2.75, 3.05) is 33.4 Å². The number of nitrogens with one attached hydrogen (secondary N) is 1. The number of dihydropyridines is 1. The normalized spacial score (nSPS) is 17.8. The van der Waals surface area contributed by atoms with E-state index >= 15 is 0 Å². The highest BCUT2D eigenvalue weighted by Gasteiger charge is 2.39. The number of esters is 2. The summed E-state index contributed by atoms with van der Waals surface area (Å²) in [5.41, 5.74) is 4.42. The highest BCUT2D eigenvalue weighted by Crippen LogP contribution is 2.42. The SMILES string of the molecule is C.COC(=O)C1=C(C)NC(C)=C(C(=O)OCCCN2CCC(c3ccccc3)(c3ccccc3)CC2)C1c1cccc([N+](=O)[O-])c1. The Hall–Kier alpha value is -4.76. The lowest BCUT2D eigenvalue weighted by Gasteiger charge is -2.43. The maximum Gasteiger partial charge on any atom is 0.336 e. The molecule has 1 atom stereocenters. The van der Waals surface area contributed by atoms with Crippen LogP contribution in [0.4, 0.5) is 5.69 Å². The predicted molar refractivity (Wildman–Crippen MR) is 178 cm³/mol. The maximum atomic E-state index is 13.6. The first-order valence-corrected chi connectivity index (χ1v) is 15.3. The number of nitro benzene ring substituents is 1. The lowest BCUT2D eigenvalue weighted by molar-refractivity contribution is -0.384. The molecular weight excluding hydrogens is 582 g/mol. The van der Waals surface area contributed by atoms with E-state index in [0.29, 0.717) is 23.4 Å². The first-order valence-electron chi connectivity index (χ1n) is 15.3. The molecule has 1 fully saturated rings. The molecular formula is C37H43N3O6. The molecule has 0 saturated carbocycles. The second kappa shape index (κ2) is 15.0. The quantitative estimate of drug-likeness (QED) is 0.115. The third-order valence-electron chi connectivity index (χ3n) is 9.01. The molecule has 0 spiro atoms. The van der Waals surface area contributed by atoms with E-state index in [0.717, 1.165) is 32.5 Å². The summed E-state index contributed by atoms with van der Waals surface area (Å²) in [4.78, 5) is 39.9. The molecule has 242 valence electrons. The second-order valence-electron chi connectivity index (χ2n) is 11.6. The van der Waals surface area contributed by atoms with Crippen LogP contribution in [0.2, 0.25) is 0 Å². The fourth-order valence-corrected chi connectivity index (χ4v) is 6.74. The molecule has 1 unspecified atom stereocenters. The summed E-state index contributed by atoms with van der Waals surface area (Å²) in [6.45, 7) is 6.28. The molecule has 0 bridgehead atoms. The van der Waals surface area contributed by atoms with Gasteiger partial charge in [-0.15, -0.1) is 0 Å². The third-order valence-corrected chi connectivity index (χ3v) is 9.01. The number of carbonyl (C=O) groups is 2. The number of piperidine rings is 1. The van der Waals surface area contributed by atoms with Crippen molar-refractivity contribution in [3.05, 3.63) is 134 Å². The van der Waals surface area contributed by atoms with Gasteiger partial charge in [0.25, 0.3) is 5.69 Å². The molecule has 0 aromatic heterocycles. The van der Waals surface area contributed by atoms with Crippen LogP contribution < -0.4 is 5.32 Å². The number of nitro groups is 1. The molecule has 2 aliphatic rings. The molecule has 2 aliphatic heterocycles. The molecule has 5 rings (SSSR count). The van der Waals surface area contributed by atoms with Gasteiger partial charge in [0, 0.05) is 35.5 Å². The molecule has 0 radical (unpaired) electrons. The number of likely N-dealkylation sites (tertiary alicyclic amines) is 1. The van der Waals surface area contributed by atoms with Crippen molar-refractivity contribution >= 4 is 17.6 Å². The number of nitrogens with zero attached hydrogens (tertiary/aromatic N) is 2. The monoisotopic (exact) mass is 625 g/mol. The average molecular weight is 626 g/mol. The standard InChI is InChI=1S/C36H39N3O6.CH4/c1-25-31(34(40)44-3)33(27-12-10-17-30(24-27)39(42)43)32(26(2)37-25)35(41)45-23-11-20-38-21-18-36(19-22-38,28-13-6-4-7-14-28)29-15-8-5-9-16-29;/h4-10,12-17,24,33,37H,11,18-23H2,1-3H3;1H4. The van der Waals surface area contributed by atoms with Crippen LogP contribution in [0.5, 0.6) is 0 Å². The number of allylic oxidation sites excluding steroid dienone is 2. The summed E-state index contributed by atoms with van der Waals surface area (Å²) in [6, 6.07) is 27.4. The summed E-state index contributed by atoms with van der Waals surface area (Å²) >= 11 is 0. The van der Waals surface area contributed by atoms with Crippen molar-refractivity contribution in [3.8, 4) is 0 Å². The van der Waals surface area contributed by atoms with Gasteiger partial charge in [-0.3, -0.25) is 10.1 Å². The van der Waals surface area contributed by atoms with Gasteiger partial charge in [0.15, 0.2) is 0 Å². The van der Waals surface area contributed by atoms with Crippen LogP contribution in [0.25, 0.3) is 0 Å². The zero-order valence-corrected chi connectivity index (χ0v) is 26.0. The van der Waals surface area contributed by atoms with Crippen molar-refractivity contribution in [1.29, 1.82) is 0 Å². The summed E-state index contributed by atoms with van der Waals surface area (Å²) in [5, 5.41) is 14.6. The topological polar surface area (TPSA) is 111 Å². The van der Waals surface area contributed by atoms with Crippen molar-refractivity contribution in [2.24, 2.45) is 0 Å². The Morgan fingerprint density at radius 1 is 0.891 bits per heavy atom. The minimum Gasteiger partial charge on any atom is -0.466 e. The van der Waals surface area contributed by atoms with Gasteiger partial charge in [-0.25, -0.2) is 9.59 Å². The number of rotatable bonds is 10. The van der Waals surface area contributed by atoms with Crippen molar-refractivity contribution in [3.63, 3.8) is 0 Å². The van der Waals surface area contributed by atoms with E-state index in [1.807, 2.05) is 0 Å². The van der Waals surface area contributed by atoms with Crippen molar-refractivity contribution < 1.29 is 24.0 Å². The van der Waals surface area contributed by atoms with Crippen LogP contribution in [0.15, 0.2) is 107 Å². The summed E-state index contributed by atoms with van der Waals surface area (Å²) in [5.74, 6) is -2.07. The minimum absolute atomic E-state index is 0.